The van der Waals surface area contributed by atoms with Crippen LogP contribution in [0.3, 0.4) is 0 Å². The van der Waals surface area contributed by atoms with Gasteiger partial charge in [0.25, 0.3) is 11.8 Å². The predicted octanol–water partition coefficient (Wildman–Crippen LogP) is 4.54. The third-order valence-electron chi connectivity index (χ3n) is 6.66. The molecule has 3 rings (SSSR count). The summed E-state index contributed by atoms with van der Waals surface area (Å²) in [7, 11) is 0. The number of aromatic hydroxyl groups is 1. The van der Waals surface area contributed by atoms with Crippen LogP contribution in [0.4, 0.5) is 0 Å². The molecule has 3 aromatic carbocycles. The molecule has 2 atom stereocenters. The molecule has 0 aliphatic heterocycles. The van der Waals surface area contributed by atoms with E-state index >= 15 is 0 Å². The maximum atomic E-state index is 13.9. The minimum absolute atomic E-state index is 0.0298. The Morgan fingerprint density at radius 3 is 1.95 bits per heavy atom. The first kappa shape index (κ1) is 29.9. The Balaban J connectivity index is 1.86. The van der Waals surface area contributed by atoms with E-state index in [0.29, 0.717) is 30.6 Å². The molecule has 3 aromatic rings. The van der Waals surface area contributed by atoms with Crippen molar-refractivity contribution in [2.75, 3.05) is 19.6 Å². The smallest absolute Gasteiger partial charge is 0.254 e. The van der Waals surface area contributed by atoms with Crippen LogP contribution < -0.4 is 5.73 Å². The maximum Gasteiger partial charge on any atom is 0.254 e. The van der Waals surface area contributed by atoms with Gasteiger partial charge in [0.1, 0.15) is 5.75 Å². The highest BCUT2D eigenvalue weighted by molar-refractivity contribution is 6.00. The van der Waals surface area contributed by atoms with Crippen LogP contribution >= 0.6 is 0 Å². The highest BCUT2D eigenvalue weighted by Gasteiger charge is 2.25. The molecule has 0 saturated carbocycles. The minimum atomic E-state index is -0.984. The number of aliphatic hydroxyl groups is 1. The molecule has 208 valence electrons. The molecule has 4 N–H and O–H groups in total. The van der Waals surface area contributed by atoms with Crippen molar-refractivity contribution in [2.45, 2.75) is 58.7 Å². The lowest BCUT2D eigenvalue weighted by molar-refractivity contribution is 0.0554. The van der Waals surface area contributed by atoms with Crippen molar-refractivity contribution in [3.63, 3.8) is 0 Å². The van der Waals surface area contributed by atoms with E-state index in [4.69, 9.17) is 5.73 Å². The molecule has 0 bridgehead atoms. The topological polar surface area (TPSA) is 107 Å². The molecule has 0 aromatic heterocycles. The van der Waals surface area contributed by atoms with Crippen molar-refractivity contribution < 1.29 is 19.8 Å². The lowest BCUT2D eigenvalue weighted by atomic mass is 10.0. The van der Waals surface area contributed by atoms with Gasteiger partial charge in [0.2, 0.25) is 0 Å². The molecule has 7 nitrogen and oxygen atoms in total. The van der Waals surface area contributed by atoms with Crippen LogP contribution in [-0.2, 0) is 13.0 Å². The van der Waals surface area contributed by atoms with Crippen LogP contribution in [0, 0.1) is 6.92 Å². The molecule has 0 fully saturated rings. The van der Waals surface area contributed by atoms with E-state index in [1.165, 1.54) is 0 Å². The van der Waals surface area contributed by atoms with E-state index < -0.39 is 12.1 Å². The lowest BCUT2D eigenvalue weighted by Crippen LogP contribution is -2.46. The molecule has 2 amide bonds. The number of nitrogens with two attached hydrogens (primary N) is 1. The average molecular weight is 532 g/mol. The van der Waals surface area contributed by atoms with E-state index in [1.807, 2.05) is 62.1 Å². The van der Waals surface area contributed by atoms with Gasteiger partial charge in [-0.25, -0.2) is 0 Å². The summed E-state index contributed by atoms with van der Waals surface area (Å²) in [5.74, 6) is -0.192. The first-order chi connectivity index (χ1) is 18.7. The highest BCUT2D eigenvalue weighted by Crippen LogP contribution is 2.18. The Hall–Kier alpha value is -3.68. The second-order valence-electron chi connectivity index (χ2n) is 10.2. The number of benzene rings is 3. The van der Waals surface area contributed by atoms with Gasteiger partial charge in [0, 0.05) is 43.3 Å². The number of phenols is 1. The molecule has 0 spiro atoms. The zero-order valence-corrected chi connectivity index (χ0v) is 23.2. The van der Waals surface area contributed by atoms with Crippen LogP contribution in [0.1, 0.15) is 64.1 Å². The van der Waals surface area contributed by atoms with Crippen molar-refractivity contribution in [1.29, 1.82) is 0 Å². The summed E-state index contributed by atoms with van der Waals surface area (Å²) in [6.45, 7) is 7.60. The zero-order valence-electron chi connectivity index (χ0n) is 23.2. The number of hydrogen-bond acceptors (Lipinski definition) is 5. The predicted molar refractivity (Wildman–Crippen MR) is 155 cm³/mol. The van der Waals surface area contributed by atoms with Gasteiger partial charge in [-0.05, 0) is 73.2 Å². The molecule has 0 unspecified atom stereocenters. The number of aryl methyl sites for hydroxylation is 1. The monoisotopic (exact) mass is 531 g/mol. The number of amides is 2. The summed E-state index contributed by atoms with van der Waals surface area (Å²) in [5, 5.41) is 20.6. The lowest BCUT2D eigenvalue weighted by Gasteiger charge is -2.29. The van der Waals surface area contributed by atoms with Crippen LogP contribution in [-0.4, -0.2) is 63.6 Å². The van der Waals surface area contributed by atoms with Crippen molar-refractivity contribution in [3.05, 3.63) is 101 Å². The summed E-state index contributed by atoms with van der Waals surface area (Å²) in [6.07, 6.45) is 1.12. The number of nitrogens with zero attached hydrogens (tertiary/aromatic N) is 2. The van der Waals surface area contributed by atoms with Crippen LogP contribution in [0.15, 0.2) is 72.8 Å². The Morgan fingerprint density at radius 2 is 1.38 bits per heavy atom. The Morgan fingerprint density at radius 1 is 0.821 bits per heavy atom. The Bertz CT molecular complexity index is 1210. The van der Waals surface area contributed by atoms with Crippen molar-refractivity contribution in [2.24, 2.45) is 5.73 Å². The molecular weight excluding hydrogens is 490 g/mol. The molecule has 0 radical (unpaired) electrons. The van der Waals surface area contributed by atoms with Gasteiger partial charge < -0.3 is 25.7 Å². The van der Waals surface area contributed by atoms with E-state index in [0.717, 1.165) is 29.5 Å². The quantitative estimate of drug-likeness (QED) is 0.300. The number of carbonyl (C=O) groups excluding carboxylic acids is 2. The number of rotatable bonds is 13. The summed E-state index contributed by atoms with van der Waals surface area (Å²) < 4.78 is 0. The number of aliphatic hydroxyl groups excluding tert-OH is 1. The largest absolute Gasteiger partial charge is 0.508 e. The van der Waals surface area contributed by atoms with Gasteiger partial charge in [-0.1, -0.05) is 56.3 Å². The Kier molecular flexibility index (Phi) is 11.1. The molecule has 39 heavy (non-hydrogen) atoms. The standard InChI is InChI=1S/C32H41N3O4/c1-4-15-34(16-5-2)31(38)26-17-23(3)18-27(20-26)32(39)35(21-25-9-7-6-8-10-25)22-30(37)29(33)19-24-11-13-28(36)14-12-24/h6-14,17-18,20,29-30,36-37H,4-5,15-16,19,21-22,33H2,1-3H3/t29-,30+/m0/s1. The second kappa shape index (κ2) is 14.5. The van der Waals surface area contributed by atoms with E-state index in [9.17, 15) is 19.8 Å². The first-order valence-corrected chi connectivity index (χ1v) is 13.7. The van der Waals surface area contributed by atoms with Gasteiger partial charge in [-0.15, -0.1) is 0 Å². The van der Waals surface area contributed by atoms with Gasteiger partial charge >= 0.3 is 0 Å². The van der Waals surface area contributed by atoms with Crippen LogP contribution in [0.5, 0.6) is 5.75 Å². The first-order valence-electron chi connectivity index (χ1n) is 13.7. The summed E-state index contributed by atoms with van der Waals surface area (Å²) in [6, 6.07) is 20.9. The average Bonchev–Trinajstić information content (AvgIpc) is 2.93. The van der Waals surface area contributed by atoms with Gasteiger partial charge in [0.05, 0.1) is 6.10 Å². The summed E-state index contributed by atoms with van der Waals surface area (Å²) >= 11 is 0. The van der Waals surface area contributed by atoms with E-state index in [-0.39, 0.29) is 30.7 Å². The van der Waals surface area contributed by atoms with Crippen LogP contribution in [0.2, 0.25) is 0 Å². The fourth-order valence-electron chi connectivity index (χ4n) is 4.67. The molecule has 0 heterocycles. The molecule has 0 aliphatic rings. The third kappa shape index (κ3) is 8.67. The van der Waals surface area contributed by atoms with Crippen LogP contribution in [0.25, 0.3) is 0 Å². The Labute approximate surface area is 231 Å². The summed E-state index contributed by atoms with van der Waals surface area (Å²) in [4.78, 5) is 30.6. The SMILES string of the molecule is CCCN(CCC)C(=O)c1cc(C)cc(C(=O)N(Cc2ccccc2)C[C@@H](O)[C@@H](N)Cc2ccc(O)cc2)c1. The van der Waals surface area contributed by atoms with Gasteiger partial charge in [-0.2, -0.15) is 0 Å². The molecule has 0 saturated heterocycles. The normalized spacial score (nSPS) is 12.5. The number of hydrogen-bond donors (Lipinski definition) is 3. The van der Waals surface area contributed by atoms with E-state index in [2.05, 4.69) is 0 Å². The molecule has 7 heteroatoms. The highest BCUT2D eigenvalue weighted by atomic mass is 16.3. The van der Waals surface area contributed by atoms with E-state index in [1.54, 1.807) is 41.3 Å². The van der Waals surface area contributed by atoms with Crippen molar-refractivity contribution in [1.82, 2.24) is 9.80 Å². The molecular formula is C32H41N3O4. The second-order valence-corrected chi connectivity index (χ2v) is 10.2. The van der Waals surface area contributed by atoms with Crippen molar-refractivity contribution in [3.8, 4) is 5.75 Å². The molecule has 0 aliphatic carbocycles. The van der Waals surface area contributed by atoms with Crippen molar-refractivity contribution >= 4 is 11.8 Å². The maximum absolute atomic E-state index is 13.9. The number of phenolic OH excluding ortho intramolecular Hbond substituents is 1. The third-order valence-corrected chi connectivity index (χ3v) is 6.66. The fraction of sp³-hybridized carbons (Fsp3) is 0.375. The summed E-state index contributed by atoms with van der Waals surface area (Å²) in [5.41, 5.74) is 9.86. The number of carbonyl (C=O) groups is 2. The fourth-order valence-corrected chi connectivity index (χ4v) is 4.67. The van der Waals surface area contributed by atoms with Gasteiger partial charge in [-0.3, -0.25) is 9.59 Å². The van der Waals surface area contributed by atoms with Gasteiger partial charge in [0.15, 0.2) is 0 Å². The zero-order chi connectivity index (χ0) is 28.4. The minimum Gasteiger partial charge on any atom is -0.508 e.